The number of aliphatic hydroxyl groups is 1. The summed E-state index contributed by atoms with van der Waals surface area (Å²) in [4.78, 5) is 23.7. The van der Waals surface area contributed by atoms with Crippen LogP contribution >= 0.6 is 0 Å². The fraction of sp³-hybridized carbons (Fsp3) is 0.556. The Labute approximate surface area is 144 Å². The van der Waals surface area contributed by atoms with Gasteiger partial charge >= 0.3 is 0 Å². The quantitative estimate of drug-likeness (QED) is 0.660. The lowest BCUT2D eigenvalue weighted by Gasteiger charge is -2.18. The molecule has 0 saturated carbocycles. The smallest absolute Gasteiger partial charge is 0.257 e. The van der Waals surface area contributed by atoms with Crippen molar-refractivity contribution in [2.75, 3.05) is 27.4 Å². The van der Waals surface area contributed by atoms with Gasteiger partial charge in [-0.05, 0) is 37.0 Å². The number of ether oxygens (including phenoxy) is 2. The van der Waals surface area contributed by atoms with Gasteiger partial charge in [-0.25, -0.2) is 0 Å². The van der Waals surface area contributed by atoms with Crippen molar-refractivity contribution >= 4 is 12.3 Å². The van der Waals surface area contributed by atoms with Crippen LogP contribution < -0.4 is 4.74 Å². The Bertz CT molecular complexity index is 461. The van der Waals surface area contributed by atoms with E-state index >= 15 is 0 Å². The summed E-state index contributed by atoms with van der Waals surface area (Å²) < 4.78 is 9.90. The molecule has 1 N–H and O–H groups in total. The van der Waals surface area contributed by atoms with Crippen LogP contribution in [0.1, 0.15) is 32.3 Å². The molecule has 6 heteroatoms. The van der Waals surface area contributed by atoms with Crippen LogP contribution in [0.25, 0.3) is 0 Å². The lowest BCUT2D eigenvalue weighted by Crippen LogP contribution is -2.40. The summed E-state index contributed by atoms with van der Waals surface area (Å²) in [6, 6.07) is 7.64. The molecule has 0 saturated heterocycles. The maximum absolute atomic E-state index is 11.9. The highest BCUT2D eigenvalue weighted by atomic mass is 16.5. The number of benzene rings is 1. The average Bonchev–Trinajstić information content (AvgIpc) is 2.64. The Hall–Kier alpha value is -1.92. The largest absolute Gasteiger partial charge is 0.497 e. The molecule has 1 rings (SSSR count). The van der Waals surface area contributed by atoms with Crippen molar-refractivity contribution in [3.05, 3.63) is 29.8 Å². The monoisotopic (exact) mass is 339 g/mol. The van der Waals surface area contributed by atoms with Crippen LogP contribution in [0.15, 0.2) is 24.3 Å². The van der Waals surface area contributed by atoms with Crippen LogP contribution in [0.5, 0.6) is 5.75 Å². The normalized spacial score (nSPS) is 11.0. The Kier molecular flexibility index (Phi) is 12.4. The van der Waals surface area contributed by atoms with Crippen molar-refractivity contribution in [2.24, 2.45) is 0 Å². The van der Waals surface area contributed by atoms with Crippen molar-refractivity contribution in [3.8, 4) is 5.75 Å². The molecule has 24 heavy (non-hydrogen) atoms. The SMILES string of the molecule is CC.COCCN(C=O)C(=O)C(O)CCCc1ccc(OC)cc1. The molecule has 1 aromatic rings. The first kappa shape index (κ1) is 22.1. The minimum Gasteiger partial charge on any atom is -0.497 e. The molecule has 0 bridgehead atoms. The highest BCUT2D eigenvalue weighted by Gasteiger charge is 2.21. The first-order valence-corrected chi connectivity index (χ1v) is 8.18. The molecule has 1 aromatic carbocycles. The Balaban J connectivity index is 0.00000254. The van der Waals surface area contributed by atoms with E-state index in [0.29, 0.717) is 19.3 Å². The van der Waals surface area contributed by atoms with Crippen LogP contribution in [0.2, 0.25) is 0 Å². The number of imide groups is 1. The zero-order valence-electron chi connectivity index (χ0n) is 15.0. The van der Waals surface area contributed by atoms with E-state index in [1.807, 2.05) is 38.1 Å². The van der Waals surface area contributed by atoms with E-state index in [1.165, 1.54) is 7.11 Å². The fourth-order valence-corrected chi connectivity index (χ4v) is 2.01. The van der Waals surface area contributed by atoms with Gasteiger partial charge in [0.2, 0.25) is 6.41 Å². The highest BCUT2D eigenvalue weighted by Crippen LogP contribution is 2.14. The maximum Gasteiger partial charge on any atom is 0.257 e. The minimum absolute atomic E-state index is 0.147. The average molecular weight is 339 g/mol. The minimum atomic E-state index is -1.17. The zero-order chi connectivity index (χ0) is 18.4. The second-order valence-electron chi connectivity index (χ2n) is 4.89. The van der Waals surface area contributed by atoms with Gasteiger partial charge in [0, 0.05) is 7.11 Å². The summed E-state index contributed by atoms with van der Waals surface area (Å²) >= 11 is 0. The second-order valence-corrected chi connectivity index (χ2v) is 4.89. The van der Waals surface area contributed by atoms with Crippen molar-refractivity contribution < 1.29 is 24.2 Å². The number of hydrogen-bond donors (Lipinski definition) is 1. The van der Waals surface area contributed by atoms with Gasteiger partial charge in [0.05, 0.1) is 20.3 Å². The predicted molar refractivity (Wildman–Crippen MR) is 92.9 cm³/mol. The summed E-state index contributed by atoms with van der Waals surface area (Å²) in [7, 11) is 3.10. The molecule has 2 amide bonds. The Morgan fingerprint density at radius 2 is 1.88 bits per heavy atom. The number of amides is 2. The predicted octanol–water partition coefficient (Wildman–Crippen LogP) is 2.04. The lowest BCUT2D eigenvalue weighted by molar-refractivity contribution is -0.146. The first-order valence-electron chi connectivity index (χ1n) is 8.18. The maximum atomic E-state index is 11.9. The standard InChI is InChI=1S/C16H23NO5.C2H6/c1-21-11-10-17(12-18)16(20)15(19)5-3-4-13-6-8-14(22-2)9-7-13;1-2/h6-9,12,15,19H,3-5,10-11H2,1-2H3;1-2H3. The van der Waals surface area contributed by atoms with E-state index in [9.17, 15) is 14.7 Å². The van der Waals surface area contributed by atoms with Gasteiger partial charge in [-0.3, -0.25) is 14.5 Å². The number of methoxy groups -OCH3 is 2. The molecule has 0 aliphatic heterocycles. The van der Waals surface area contributed by atoms with Crippen LogP contribution in [0.3, 0.4) is 0 Å². The van der Waals surface area contributed by atoms with Gasteiger partial charge in [0.25, 0.3) is 5.91 Å². The molecule has 136 valence electrons. The molecule has 0 aliphatic carbocycles. The van der Waals surface area contributed by atoms with Gasteiger partial charge in [-0.2, -0.15) is 0 Å². The number of rotatable bonds is 10. The van der Waals surface area contributed by atoms with Gasteiger partial charge in [-0.1, -0.05) is 26.0 Å². The number of aliphatic hydroxyl groups excluding tert-OH is 1. The van der Waals surface area contributed by atoms with Gasteiger partial charge in [0.15, 0.2) is 0 Å². The van der Waals surface area contributed by atoms with Gasteiger partial charge < -0.3 is 14.6 Å². The van der Waals surface area contributed by atoms with Crippen LogP contribution in [-0.2, 0) is 20.7 Å². The molecule has 0 radical (unpaired) electrons. The highest BCUT2D eigenvalue weighted by molar-refractivity contribution is 5.89. The van der Waals surface area contributed by atoms with E-state index in [1.54, 1.807) is 7.11 Å². The number of carbonyl (C=O) groups is 2. The summed E-state index contributed by atoms with van der Waals surface area (Å²) in [6.45, 7) is 4.40. The van der Waals surface area contributed by atoms with E-state index < -0.39 is 12.0 Å². The zero-order valence-corrected chi connectivity index (χ0v) is 15.0. The third kappa shape index (κ3) is 8.08. The molecule has 6 nitrogen and oxygen atoms in total. The summed E-state index contributed by atoms with van der Waals surface area (Å²) in [6.07, 6.45) is 0.959. The third-order valence-corrected chi connectivity index (χ3v) is 3.33. The van der Waals surface area contributed by atoms with Crippen molar-refractivity contribution in [3.63, 3.8) is 0 Å². The molecule has 1 unspecified atom stereocenters. The van der Waals surface area contributed by atoms with Crippen molar-refractivity contribution in [2.45, 2.75) is 39.2 Å². The van der Waals surface area contributed by atoms with Crippen molar-refractivity contribution in [1.82, 2.24) is 4.90 Å². The van der Waals surface area contributed by atoms with Crippen LogP contribution in [0.4, 0.5) is 0 Å². The Morgan fingerprint density at radius 3 is 2.38 bits per heavy atom. The molecule has 0 heterocycles. The number of nitrogens with zero attached hydrogens (tertiary/aromatic N) is 1. The van der Waals surface area contributed by atoms with E-state index in [-0.39, 0.29) is 13.2 Å². The van der Waals surface area contributed by atoms with E-state index in [2.05, 4.69) is 0 Å². The molecule has 1 atom stereocenters. The molecule has 0 fully saturated rings. The van der Waals surface area contributed by atoms with E-state index in [0.717, 1.165) is 22.6 Å². The number of aryl methyl sites for hydroxylation is 1. The summed E-state index contributed by atoms with van der Waals surface area (Å²) in [5.74, 6) is 0.209. The summed E-state index contributed by atoms with van der Waals surface area (Å²) in [5, 5.41) is 9.87. The van der Waals surface area contributed by atoms with Gasteiger partial charge in [-0.15, -0.1) is 0 Å². The topological polar surface area (TPSA) is 76.1 Å². The molecular weight excluding hydrogens is 310 g/mol. The van der Waals surface area contributed by atoms with E-state index in [4.69, 9.17) is 9.47 Å². The lowest BCUT2D eigenvalue weighted by atomic mass is 10.1. The Morgan fingerprint density at radius 1 is 1.25 bits per heavy atom. The molecular formula is C18H29NO5. The van der Waals surface area contributed by atoms with Gasteiger partial charge in [0.1, 0.15) is 11.9 Å². The number of hydrogen-bond acceptors (Lipinski definition) is 5. The third-order valence-electron chi connectivity index (χ3n) is 3.33. The first-order chi connectivity index (χ1) is 11.6. The molecule has 0 spiro atoms. The summed E-state index contributed by atoms with van der Waals surface area (Å²) in [5.41, 5.74) is 1.10. The molecule has 0 aromatic heterocycles. The molecule has 0 aliphatic rings. The van der Waals surface area contributed by atoms with Crippen LogP contribution in [0, 0.1) is 0 Å². The van der Waals surface area contributed by atoms with Crippen LogP contribution in [-0.4, -0.2) is 55.8 Å². The second kappa shape index (κ2) is 13.5. The number of carbonyl (C=O) groups excluding carboxylic acids is 2. The fourth-order valence-electron chi connectivity index (χ4n) is 2.01. The van der Waals surface area contributed by atoms with Crippen molar-refractivity contribution in [1.29, 1.82) is 0 Å².